The van der Waals surface area contributed by atoms with Crippen LogP contribution in [0, 0.1) is 0 Å². The smallest absolute Gasteiger partial charge is 0.219 e. The fraction of sp³-hybridized carbons (Fsp3) is 0.667. The van der Waals surface area contributed by atoms with Crippen LogP contribution in [0.25, 0.3) is 0 Å². The lowest BCUT2D eigenvalue weighted by atomic mass is 10.1. The Morgan fingerprint density at radius 1 is 1.27 bits per heavy atom. The molecule has 0 aliphatic rings. The molecule has 0 aliphatic carbocycles. The van der Waals surface area contributed by atoms with Gasteiger partial charge < -0.3 is 5.32 Å². The Labute approximate surface area is 90.6 Å². The molecule has 0 saturated carbocycles. The third kappa shape index (κ3) is 5.35. The van der Waals surface area contributed by atoms with Gasteiger partial charge in [0.2, 0.25) is 5.91 Å². The number of unbranched alkanes of at least 4 members (excludes halogenated alkanes) is 3. The lowest BCUT2D eigenvalue weighted by Gasteiger charge is -2.01. The molecular weight excluding hydrogens is 190 g/mol. The lowest BCUT2D eigenvalue weighted by Crippen LogP contribution is -2.21. The normalized spacial score (nSPS) is 10.7. The van der Waals surface area contributed by atoms with Crippen molar-refractivity contribution >= 4 is 5.91 Å². The third-order valence-corrected chi connectivity index (χ3v) is 2.51. The highest BCUT2D eigenvalue weighted by Crippen LogP contribution is 2.07. The highest BCUT2D eigenvalue weighted by molar-refractivity contribution is 5.75. The van der Waals surface area contributed by atoms with E-state index < -0.39 is 0 Å². The number of amides is 1. The topological polar surface area (TPSA) is 46.2 Å². The first kappa shape index (κ1) is 12.0. The van der Waals surface area contributed by atoms with Gasteiger partial charge >= 0.3 is 0 Å². The van der Waals surface area contributed by atoms with Gasteiger partial charge in [0.05, 0.1) is 0 Å². The molecule has 84 valence electrons. The quantitative estimate of drug-likeness (QED) is 0.660. The van der Waals surface area contributed by atoms with Crippen LogP contribution in [-0.2, 0) is 11.2 Å². The molecule has 3 heteroatoms. The van der Waals surface area contributed by atoms with Gasteiger partial charge in [0.1, 0.15) is 0 Å². The highest BCUT2D eigenvalue weighted by atomic mass is 16.1. The number of hydrogen-bond acceptors (Lipinski definition) is 2. The highest BCUT2D eigenvalue weighted by Gasteiger charge is 2.06. The van der Waals surface area contributed by atoms with Crippen LogP contribution < -0.4 is 10.7 Å². The first-order valence-corrected chi connectivity index (χ1v) is 5.75. The van der Waals surface area contributed by atoms with E-state index in [1.54, 1.807) is 6.07 Å². The minimum atomic E-state index is 0.151. The number of carbonyl (C=O) groups excluding carboxylic acids is 1. The SMILES string of the molecule is CCNC(=O)CCCCCCc1cc1=O. The van der Waals surface area contributed by atoms with Crippen molar-refractivity contribution in [3.63, 3.8) is 0 Å². The van der Waals surface area contributed by atoms with E-state index in [4.69, 9.17) is 0 Å². The van der Waals surface area contributed by atoms with Gasteiger partial charge in [0.15, 0.2) is 5.43 Å². The zero-order valence-corrected chi connectivity index (χ0v) is 9.34. The lowest BCUT2D eigenvalue weighted by molar-refractivity contribution is -0.121. The van der Waals surface area contributed by atoms with Crippen molar-refractivity contribution in [1.82, 2.24) is 5.32 Å². The Balaban J connectivity index is 1.85. The van der Waals surface area contributed by atoms with E-state index in [0.29, 0.717) is 6.42 Å². The van der Waals surface area contributed by atoms with Gasteiger partial charge in [-0.25, -0.2) is 0 Å². The second-order valence-corrected chi connectivity index (χ2v) is 3.90. The van der Waals surface area contributed by atoms with Crippen LogP contribution >= 0.6 is 0 Å². The summed E-state index contributed by atoms with van der Waals surface area (Å²) in [6.45, 7) is 2.65. The van der Waals surface area contributed by atoms with Crippen molar-refractivity contribution in [3.8, 4) is 0 Å². The van der Waals surface area contributed by atoms with E-state index in [0.717, 1.165) is 44.2 Å². The molecule has 0 aliphatic heterocycles. The molecule has 0 atom stereocenters. The number of rotatable bonds is 8. The van der Waals surface area contributed by atoms with Crippen LogP contribution in [0.5, 0.6) is 0 Å². The summed E-state index contributed by atoms with van der Waals surface area (Å²) >= 11 is 0. The molecule has 0 saturated heterocycles. The number of aryl methyl sites for hydroxylation is 1. The van der Waals surface area contributed by atoms with Gasteiger partial charge in [0.25, 0.3) is 0 Å². The third-order valence-electron chi connectivity index (χ3n) is 2.51. The maximum absolute atomic E-state index is 11.1. The molecule has 3 nitrogen and oxygen atoms in total. The molecule has 0 heterocycles. The molecule has 0 radical (unpaired) electrons. The summed E-state index contributed by atoms with van der Waals surface area (Å²) in [6.07, 6.45) is 5.80. The van der Waals surface area contributed by atoms with E-state index in [9.17, 15) is 9.59 Å². The average Bonchev–Trinajstić information content (AvgIpc) is 2.88. The van der Waals surface area contributed by atoms with Crippen LogP contribution in [0.15, 0.2) is 10.9 Å². The van der Waals surface area contributed by atoms with Crippen molar-refractivity contribution < 1.29 is 4.79 Å². The molecular formula is C12H19NO2. The predicted octanol–water partition coefficient (Wildman–Crippen LogP) is 1.55. The summed E-state index contributed by atoms with van der Waals surface area (Å²) in [7, 11) is 0. The molecule has 0 unspecified atom stereocenters. The second-order valence-electron chi connectivity index (χ2n) is 3.90. The summed E-state index contributed by atoms with van der Waals surface area (Å²) in [5.41, 5.74) is 1.23. The van der Waals surface area contributed by atoms with E-state index >= 15 is 0 Å². The fourth-order valence-electron chi connectivity index (χ4n) is 1.56. The van der Waals surface area contributed by atoms with Crippen LogP contribution in [0.3, 0.4) is 0 Å². The van der Waals surface area contributed by atoms with Gasteiger partial charge in [-0.3, -0.25) is 9.59 Å². The maximum atomic E-state index is 11.1. The largest absolute Gasteiger partial charge is 0.356 e. The number of carbonyl (C=O) groups is 1. The Morgan fingerprint density at radius 3 is 2.53 bits per heavy atom. The summed E-state index contributed by atoms with van der Waals surface area (Å²) in [5, 5.41) is 2.78. The van der Waals surface area contributed by atoms with Gasteiger partial charge in [-0.05, 0) is 32.3 Å². The Hall–Kier alpha value is -1.12. The summed E-state index contributed by atoms with van der Waals surface area (Å²) < 4.78 is 0. The molecule has 0 fully saturated rings. The van der Waals surface area contributed by atoms with Crippen LogP contribution in [-0.4, -0.2) is 12.5 Å². The van der Waals surface area contributed by atoms with Crippen molar-refractivity contribution in [1.29, 1.82) is 0 Å². The summed E-state index contributed by atoms with van der Waals surface area (Å²) in [4.78, 5) is 21.7. The van der Waals surface area contributed by atoms with Crippen LogP contribution in [0.1, 0.15) is 44.6 Å². The fourth-order valence-corrected chi connectivity index (χ4v) is 1.56. The first-order chi connectivity index (χ1) is 7.24. The van der Waals surface area contributed by atoms with Crippen molar-refractivity contribution in [2.75, 3.05) is 6.54 Å². The molecule has 0 bridgehead atoms. The monoisotopic (exact) mass is 209 g/mol. The van der Waals surface area contributed by atoms with Gasteiger partial charge in [-0.2, -0.15) is 0 Å². The van der Waals surface area contributed by atoms with Gasteiger partial charge in [-0.1, -0.05) is 12.8 Å². The number of hydrogen-bond donors (Lipinski definition) is 1. The standard InChI is InChI=1S/C12H19NO2/c1-2-13-12(15)8-6-4-3-5-7-10-9-11(10)14/h9H,2-8H2,1H3,(H,13,15). The Bertz CT molecular complexity index is 310. The zero-order chi connectivity index (χ0) is 11.1. The Kier molecular flexibility index (Phi) is 5.08. The first-order valence-electron chi connectivity index (χ1n) is 5.75. The predicted molar refractivity (Wildman–Crippen MR) is 60.6 cm³/mol. The molecule has 1 amide bonds. The molecule has 0 spiro atoms. The summed E-state index contributed by atoms with van der Waals surface area (Å²) in [5.74, 6) is 0.151. The van der Waals surface area contributed by atoms with E-state index in [-0.39, 0.29) is 11.3 Å². The minimum Gasteiger partial charge on any atom is -0.356 e. The van der Waals surface area contributed by atoms with Crippen molar-refractivity contribution in [2.45, 2.75) is 45.4 Å². The van der Waals surface area contributed by atoms with Crippen molar-refractivity contribution in [2.24, 2.45) is 0 Å². The van der Waals surface area contributed by atoms with E-state index in [1.165, 1.54) is 0 Å². The van der Waals surface area contributed by atoms with Gasteiger partial charge in [0, 0.05) is 18.5 Å². The molecule has 1 aromatic carbocycles. The van der Waals surface area contributed by atoms with E-state index in [2.05, 4.69) is 5.32 Å². The molecule has 15 heavy (non-hydrogen) atoms. The second kappa shape index (κ2) is 6.38. The van der Waals surface area contributed by atoms with Crippen LogP contribution in [0.4, 0.5) is 0 Å². The maximum Gasteiger partial charge on any atom is 0.219 e. The molecule has 0 aromatic heterocycles. The zero-order valence-electron chi connectivity index (χ0n) is 9.34. The minimum absolute atomic E-state index is 0.151. The van der Waals surface area contributed by atoms with E-state index in [1.807, 2.05) is 6.92 Å². The molecule has 1 N–H and O–H groups in total. The summed E-state index contributed by atoms with van der Waals surface area (Å²) in [6, 6.07) is 1.70. The average molecular weight is 209 g/mol. The van der Waals surface area contributed by atoms with Crippen molar-refractivity contribution in [3.05, 3.63) is 21.9 Å². The number of nitrogens with one attached hydrogen (secondary N) is 1. The Morgan fingerprint density at radius 2 is 1.93 bits per heavy atom. The van der Waals surface area contributed by atoms with Gasteiger partial charge in [-0.15, -0.1) is 0 Å². The molecule has 1 rings (SSSR count). The van der Waals surface area contributed by atoms with Crippen LogP contribution in [0.2, 0.25) is 0 Å². The molecule has 1 aromatic rings.